The van der Waals surface area contributed by atoms with Crippen LogP contribution in [-0.2, 0) is 18.6 Å². The molecule has 0 amide bonds. The summed E-state index contributed by atoms with van der Waals surface area (Å²) in [5.74, 6) is 0. The highest BCUT2D eigenvalue weighted by Crippen LogP contribution is 2.70. The van der Waals surface area contributed by atoms with Crippen molar-refractivity contribution in [3.8, 4) is 0 Å². The van der Waals surface area contributed by atoms with Crippen LogP contribution in [0.1, 0.15) is 0 Å². The molecule has 0 bridgehead atoms. The molecule has 0 atom stereocenters. The Morgan fingerprint density at radius 2 is 0.333 bits per heavy atom. The Hall–Kier alpha value is -1.71. The SMILES string of the molecule is FC(F)(F)C1(C(F)(F)F)OB(B2OC(C(F)(F)F)(C(F)(F)F)C(C(F)(F)F)(C(F)(F)F)O2)OC1(C(F)(F)F)C(F)(F)F. The fourth-order valence-corrected chi connectivity index (χ4v) is 4.07. The van der Waals surface area contributed by atoms with Crippen LogP contribution in [0, 0.1) is 0 Å². The van der Waals surface area contributed by atoms with E-state index in [1.165, 1.54) is 0 Å². The van der Waals surface area contributed by atoms with Crippen LogP contribution >= 0.6 is 0 Å². The Labute approximate surface area is 211 Å². The van der Waals surface area contributed by atoms with Gasteiger partial charge in [0.15, 0.2) is 0 Å². The van der Waals surface area contributed by atoms with E-state index in [0.717, 1.165) is 0 Å². The highest BCUT2D eigenvalue weighted by atomic mass is 19.5. The van der Waals surface area contributed by atoms with Crippen molar-refractivity contribution in [1.29, 1.82) is 0 Å². The Morgan fingerprint density at radius 3 is 0.405 bits per heavy atom. The lowest BCUT2D eigenvalue weighted by Gasteiger charge is -2.46. The molecule has 0 radical (unpaired) electrons. The van der Waals surface area contributed by atoms with Crippen molar-refractivity contribution in [2.75, 3.05) is 0 Å². The van der Waals surface area contributed by atoms with Gasteiger partial charge < -0.3 is 18.6 Å². The molecule has 0 N–H and O–H groups in total. The van der Waals surface area contributed by atoms with Crippen molar-refractivity contribution in [3.63, 3.8) is 0 Å². The van der Waals surface area contributed by atoms with E-state index >= 15 is 0 Å². The fourth-order valence-electron chi connectivity index (χ4n) is 4.07. The van der Waals surface area contributed by atoms with Crippen LogP contribution in [0.15, 0.2) is 0 Å². The molecule has 246 valence electrons. The minimum Gasteiger partial charge on any atom is -0.390 e. The zero-order valence-corrected chi connectivity index (χ0v) is 17.9. The molecule has 30 heteroatoms. The second kappa shape index (κ2) is 8.94. The lowest BCUT2D eigenvalue weighted by molar-refractivity contribution is -0.464. The quantitative estimate of drug-likeness (QED) is 0.231. The first-order chi connectivity index (χ1) is 17.9. The van der Waals surface area contributed by atoms with E-state index in [-0.39, 0.29) is 0 Å². The van der Waals surface area contributed by atoms with Crippen LogP contribution in [-0.4, -0.2) is 85.8 Å². The number of halogens is 24. The number of alkyl halides is 24. The molecule has 0 saturated carbocycles. The lowest BCUT2D eigenvalue weighted by atomic mass is 9.49. The Bertz CT molecular complexity index is 804. The van der Waals surface area contributed by atoms with Crippen LogP contribution in [0.25, 0.3) is 0 Å². The van der Waals surface area contributed by atoms with Crippen molar-refractivity contribution in [2.24, 2.45) is 0 Å². The molecule has 0 unspecified atom stereocenters. The van der Waals surface area contributed by atoms with Crippen LogP contribution in [0.3, 0.4) is 0 Å². The van der Waals surface area contributed by atoms with E-state index in [9.17, 15) is 105 Å². The minimum absolute atomic E-state index is 2.44. The summed E-state index contributed by atoms with van der Waals surface area (Å²) < 4.78 is 333. The Balaban J connectivity index is 3.11. The largest absolute Gasteiger partial charge is 0.489 e. The van der Waals surface area contributed by atoms with Gasteiger partial charge in [-0.25, -0.2) is 0 Å². The van der Waals surface area contributed by atoms with Gasteiger partial charge in [0.05, 0.1) is 0 Å². The van der Waals surface area contributed by atoms with Gasteiger partial charge in [-0.15, -0.1) is 0 Å². The van der Waals surface area contributed by atoms with Crippen molar-refractivity contribution >= 4 is 14.0 Å². The highest BCUT2D eigenvalue weighted by Gasteiger charge is 3.03. The normalized spacial score (nSPS) is 24.0. The summed E-state index contributed by atoms with van der Waals surface area (Å²) in [6, 6.07) is 0. The second-order valence-corrected chi connectivity index (χ2v) is 7.92. The molecule has 0 spiro atoms. The van der Waals surface area contributed by atoms with E-state index in [0.29, 0.717) is 0 Å². The maximum absolute atomic E-state index is 13.5. The van der Waals surface area contributed by atoms with Crippen LogP contribution in [0.2, 0.25) is 0 Å². The Kier molecular flexibility index (Phi) is 7.76. The molecule has 0 aromatic carbocycles. The first kappa shape index (κ1) is 36.5. The van der Waals surface area contributed by atoms with Gasteiger partial charge in [-0.2, -0.15) is 105 Å². The molecule has 4 nitrogen and oxygen atoms in total. The molecule has 2 aliphatic rings. The lowest BCUT2D eigenvalue weighted by Crippen LogP contribution is -2.79. The van der Waals surface area contributed by atoms with E-state index in [4.69, 9.17) is 0 Å². The number of hydrogen-bond donors (Lipinski definition) is 0. The van der Waals surface area contributed by atoms with Gasteiger partial charge in [-0.05, 0) is 0 Å². The molecule has 0 aromatic heterocycles. The second-order valence-electron chi connectivity index (χ2n) is 7.92. The average Bonchev–Trinajstić information content (AvgIpc) is 3.22. The molecule has 42 heavy (non-hydrogen) atoms. The van der Waals surface area contributed by atoms with Gasteiger partial charge in [-0.1, -0.05) is 0 Å². The van der Waals surface area contributed by atoms with Gasteiger partial charge in [0.2, 0.25) is 0 Å². The summed E-state index contributed by atoms with van der Waals surface area (Å²) in [6.07, 6.45) is -65.8. The van der Waals surface area contributed by atoms with Crippen LogP contribution < -0.4 is 0 Å². The summed E-state index contributed by atoms with van der Waals surface area (Å²) in [6.45, 7) is 0. The van der Waals surface area contributed by atoms with E-state index in [1.54, 1.807) is 0 Å². The van der Waals surface area contributed by atoms with E-state index in [1.807, 2.05) is 0 Å². The minimum atomic E-state index is -8.22. The van der Waals surface area contributed by atoms with E-state index < -0.39 is 85.8 Å². The molecule has 2 saturated heterocycles. The van der Waals surface area contributed by atoms with Gasteiger partial charge in [-0.3, -0.25) is 0 Å². The van der Waals surface area contributed by atoms with Crippen molar-refractivity contribution < 1.29 is 124 Å². The topological polar surface area (TPSA) is 36.9 Å². The molecule has 0 aliphatic carbocycles. The summed E-state index contributed by atoms with van der Waals surface area (Å²) in [5.41, 5.74) is -32.2. The molecular formula is C12B2F24O4. The highest BCUT2D eigenvalue weighted by molar-refractivity contribution is 7.11. The first-order valence-corrected chi connectivity index (χ1v) is 9.13. The number of rotatable bonds is 1. The molecule has 2 heterocycles. The monoisotopic (exact) mass is 686 g/mol. The maximum Gasteiger partial charge on any atom is 0.489 e. The predicted octanol–water partition coefficient (Wildman–Crippen LogP) is 6.59. The van der Waals surface area contributed by atoms with E-state index in [2.05, 4.69) is 18.6 Å². The number of hydrogen-bond acceptors (Lipinski definition) is 4. The zero-order valence-electron chi connectivity index (χ0n) is 17.9. The molecular weight excluding hydrogens is 686 g/mol. The van der Waals surface area contributed by atoms with Crippen molar-refractivity contribution in [1.82, 2.24) is 0 Å². The predicted molar refractivity (Wildman–Crippen MR) is 75.2 cm³/mol. The third kappa shape index (κ3) is 4.22. The van der Waals surface area contributed by atoms with Gasteiger partial charge in [0.1, 0.15) is 0 Å². The average molecular weight is 686 g/mol. The smallest absolute Gasteiger partial charge is 0.390 e. The third-order valence-corrected chi connectivity index (χ3v) is 5.58. The van der Waals surface area contributed by atoms with Crippen LogP contribution in [0.5, 0.6) is 0 Å². The summed E-state index contributed by atoms with van der Waals surface area (Å²) in [4.78, 5) is 0. The van der Waals surface area contributed by atoms with Crippen molar-refractivity contribution in [3.05, 3.63) is 0 Å². The van der Waals surface area contributed by atoms with Crippen molar-refractivity contribution in [2.45, 2.75) is 71.8 Å². The molecule has 0 aromatic rings. The summed E-state index contributed by atoms with van der Waals surface area (Å²) in [7, 11) is -11.2. The van der Waals surface area contributed by atoms with Crippen LogP contribution in [0.4, 0.5) is 105 Å². The van der Waals surface area contributed by atoms with Gasteiger partial charge in [0.25, 0.3) is 22.4 Å². The molecule has 2 fully saturated rings. The zero-order chi connectivity index (χ0) is 34.0. The molecule has 2 aliphatic heterocycles. The summed E-state index contributed by atoms with van der Waals surface area (Å²) >= 11 is 0. The van der Waals surface area contributed by atoms with Gasteiger partial charge >= 0.3 is 63.4 Å². The third-order valence-electron chi connectivity index (χ3n) is 5.58. The fraction of sp³-hybridized carbons (Fsp3) is 1.00. The van der Waals surface area contributed by atoms with Gasteiger partial charge in [0, 0.05) is 0 Å². The molecule has 2 rings (SSSR count). The first-order valence-electron chi connectivity index (χ1n) is 9.13. The standard InChI is InChI=1S/C12B2F24O4/c15-5(16,17)1(6(18,19)20)2(7(21,22)23,8(24,25)26)40-13(39-1)14-41-3(9(27,28)29,10(30,31)32)4(42-14,11(33,34)35)12(36,37)38. The summed E-state index contributed by atoms with van der Waals surface area (Å²) in [5, 5.41) is 0. The Morgan fingerprint density at radius 1 is 0.238 bits per heavy atom. The maximum atomic E-state index is 13.5.